The molecule has 2 nitrogen and oxygen atoms in total. The van der Waals surface area contributed by atoms with Gasteiger partial charge in [-0.25, -0.2) is 4.39 Å². The molecule has 0 spiro atoms. The van der Waals surface area contributed by atoms with Gasteiger partial charge in [-0.15, -0.1) is 11.8 Å². The topological polar surface area (TPSA) is 20.3 Å². The highest BCUT2D eigenvalue weighted by molar-refractivity contribution is 9.10. The van der Waals surface area contributed by atoms with Crippen molar-refractivity contribution in [2.45, 2.75) is 12.3 Å². The fourth-order valence-corrected chi connectivity index (χ4v) is 3.80. The Kier molecular flexibility index (Phi) is 4.04. The number of hydrogen-bond donors (Lipinski definition) is 0. The largest absolute Gasteiger partial charge is 0.295 e. The maximum absolute atomic E-state index is 13.4. The highest BCUT2D eigenvalue weighted by Gasteiger charge is 2.34. The average molecular weight is 366 g/mol. The van der Waals surface area contributed by atoms with E-state index in [0.29, 0.717) is 5.75 Å². The van der Waals surface area contributed by atoms with Crippen molar-refractivity contribution in [3.63, 3.8) is 0 Å². The second kappa shape index (κ2) is 5.81. The van der Waals surface area contributed by atoms with Crippen molar-refractivity contribution in [2.24, 2.45) is 0 Å². The lowest BCUT2D eigenvalue weighted by Crippen LogP contribution is -2.27. The number of nitrogens with zero attached hydrogens (tertiary/aromatic N) is 1. The third-order valence-corrected chi connectivity index (χ3v) is 5.52. The summed E-state index contributed by atoms with van der Waals surface area (Å²) in [5.74, 6) is 0.186. The predicted octanol–water partition coefficient (Wildman–Crippen LogP) is 4.68. The summed E-state index contributed by atoms with van der Waals surface area (Å²) in [5.41, 5.74) is 2.72. The molecule has 1 fully saturated rings. The summed E-state index contributed by atoms with van der Waals surface area (Å²) >= 11 is 4.99. The lowest BCUT2D eigenvalue weighted by Gasteiger charge is -2.25. The quantitative estimate of drug-likeness (QED) is 0.770. The van der Waals surface area contributed by atoms with Crippen LogP contribution in [0.3, 0.4) is 0 Å². The van der Waals surface area contributed by atoms with Gasteiger partial charge in [0.1, 0.15) is 11.2 Å². The van der Waals surface area contributed by atoms with Crippen molar-refractivity contribution in [3.05, 3.63) is 63.9 Å². The van der Waals surface area contributed by atoms with Gasteiger partial charge in [0.2, 0.25) is 5.91 Å². The summed E-state index contributed by atoms with van der Waals surface area (Å²) in [6.07, 6.45) is 0. The van der Waals surface area contributed by atoms with Crippen LogP contribution in [0.1, 0.15) is 16.5 Å². The zero-order valence-electron chi connectivity index (χ0n) is 11.3. The lowest BCUT2D eigenvalue weighted by atomic mass is 10.1. The van der Waals surface area contributed by atoms with E-state index in [1.807, 2.05) is 31.2 Å². The first-order valence-corrected chi connectivity index (χ1v) is 8.36. The smallest absolute Gasteiger partial charge is 0.238 e. The monoisotopic (exact) mass is 365 g/mol. The number of amides is 1. The molecule has 108 valence electrons. The Morgan fingerprint density at radius 1 is 1.29 bits per heavy atom. The van der Waals surface area contributed by atoms with Gasteiger partial charge in [0.05, 0.1) is 5.75 Å². The second-order valence-electron chi connectivity index (χ2n) is 4.92. The van der Waals surface area contributed by atoms with Crippen molar-refractivity contribution < 1.29 is 9.18 Å². The molecule has 0 N–H and O–H groups in total. The molecular weight excluding hydrogens is 353 g/mol. The second-order valence-corrected chi connectivity index (χ2v) is 6.84. The van der Waals surface area contributed by atoms with Crippen LogP contribution in [0.25, 0.3) is 0 Å². The molecule has 0 aromatic heterocycles. The first-order chi connectivity index (χ1) is 10.1. The van der Waals surface area contributed by atoms with E-state index >= 15 is 0 Å². The Balaban J connectivity index is 2.01. The molecule has 2 aromatic rings. The first-order valence-electron chi connectivity index (χ1n) is 6.51. The van der Waals surface area contributed by atoms with E-state index in [1.165, 1.54) is 23.9 Å². The van der Waals surface area contributed by atoms with Crippen molar-refractivity contribution in [1.82, 2.24) is 0 Å². The van der Waals surface area contributed by atoms with E-state index in [9.17, 15) is 9.18 Å². The normalized spacial score (nSPS) is 18.3. The molecule has 2 aromatic carbocycles. The number of aryl methyl sites for hydroxylation is 1. The molecule has 3 rings (SSSR count). The van der Waals surface area contributed by atoms with Gasteiger partial charge < -0.3 is 0 Å². The molecule has 1 atom stereocenters. The van der Waals surface area contributed by atoms with Crippen LogP contribution in [-0.2, 0) is 4.79 Å². The SMILES string of the molecule is Cc1cc(N2C(=O)CS[C@@H]2c2cccc(F)c2)ccc1Br. The zero-order valence-corrected chi connectivity index (χ0v) is 13.7. The van der Waals surface area contributed by atoms with Crippen LogP contribution in [0.4, 0.5) is 10.1 Å². The molecule has 1 saturated heterocycles. The van der Waals surface area contributed by atoms with Gasteiger partial charge >= 0.3 is 0 Å². The van der Waals surface area contributed by atoms with E-state index in [0.717, 1.165) is 21.3 Å². The number of hydrogen-bond acceptors (Lipinski definition) is 2. The fraction of sp³-hybridized carbons (Fsp3) is 0.188. The van der Waals surface area contributed by atoms with Crippen LogP contribution in [-0.4, -0.2) is 11.7 Å². The summed E-state index contributed by atoms with van der Waals surface area (Å²) in [6.45, 7) is 1.98. The van der Waals surface area contributed by atoms with Crippen LogP contribution < -0.4 is 4.90 Å². The fourth-order valence-electron chi connectivity index (χ4n) is 2.39. The van der Waals surface area contributed by atoms with Gasteiger partial charge in [0.15, 0.2) is 0 Å². The van der Waals surface area contributed by atoms with Gasteiger partial charge in [-0.1, -0.05) is 28.1 Å². The Morgan fingerprint density at radius 2 is 2.10 bits per heavy atom. The lowest BCUT2D eigenvalue weighted by molar-refractivity contribution is -0.115. The van der Waals surface area contributed by atoms with Gasteiger partial charge in [0.25, 0.3) is 0 Å². The molecule has 1 amide bonds. The standard InChI is InChI=1S/C16H13BrFNOS/c1-10-7-13(5-6-14(10)17)19-15(20)9-21-16(19)11-3-2-4-12(18)8-11/h2-8,16H,9H2,1H3/t16-/m1/s1. The highest BCUT2D eigenvalue weighted by Crippen LogP contribution is 2.42. The number of rotatable bonds is 2. The summed E-state index contributed by atoms with van der Waals surface area (Å²) < 4.78 is 14.5. The molecule has 1 heterocycles. The zero-order chi connectivity index (χ0) is 15.0. The van der Waals surface area contributed by atoms with Crippen molar-refractivity contribution >= 4 is 39.3 Å². The molecule has 0 saturated carbocycles. The first kappa shape index (κ1) is 14.6. The Bertz CT molecular complexity index is 706. The molecular formula is C16H13BrFNOS. The number of benzene rings is 2. The maximum atomic E-state index is 13.4. The van der Waals surface area contributed by atoms with Crippen molar-refractivity contribution in [3.8, 4) is 0 Å². The minimum absolute atomic E-state index is 0.0518. The van der Waals surface area contributed by atoms with Crippen LogP contribution >= 0.6 is 27.7 Å². The molecule has 0 unspecified atom stereocenters. The Labute approximate surface area is 135 Å². The third-order valence-electron chi connectivity index (χ3n) is 3.42. The molecule has 1 aliphatic rings. The average Bonchev–Trinajstić information content (AvgIpc) is 2.84. The molecule has 5 heteroatoms. The van der Waals surface area contributed by atoms with E-state index < -0.39 is 0 Å². The minimum Gasteiger partial charge on any atom is -0.295 e. The highest BCUT2D eigenvalue weighted by atomic mass is 79.9. The maximum Gasteiger partial charge on any atom is 0.238 e. The number of anilines is 1. The molecule has 21 heavy (non-hydrogen) atoms. The van der Waals surface area contributed by atoms with Crippen LogP contribution in [0.2, 0.25) is 0 Å². The number of thioether (sulfide) groups is 1. The van der Waals surface area contributed by atoms with Crippen molar-refractivity contribution in [1.29, 1.82) is 0 Å². The molecule has 1 aliphatic heterocycles. The summed E-state index contributed by atoms with van der Waals surface area (Å²) in [6, 6.07) is 12.3. The van der Waals surface area contributed by atoms with E-state index in [1.54, 1.807) is 11.0 Å². The van der Waals surface area contributed by atoms with Gasteiger partial charge in [-0.2, -0.15) is 0 Å². The summed E-state index contributed by atoms with van der Waals surface area (Å²) in [5, 5.41) is -0.172. The van der Waals surface area contributed by atoms with Crippen LogP contribution in [0.15, 0.2) is 46.9 Å². The van der Waals surface area contributed by atoms with Gasteiger partial charge in [-0.3, -0.25) is 9.69 Å². The number of carbonyl (C=O) groups is 1. The molecule has 0 aliphatic carbocycles. The van der Waals surface area contributed by atoms with Gasteiger partial charge in [-0.05, 0) is 48.4 Å². The predicted molar refractivity (Wildman–Crippen MR) is 88.0 cm³/mol. The Hall–Kier alpha value is -1.33. The summed E-state index contributed by atoms with van der Waals surface area (Å²) in [4.78, 5) is 14.0. The minimum atomic E-state index is -0.278. The van der Waals surface area contributed by atoms with Gasteiger partial charge in [0, 0.05) is 10.2 Å². The van der Waals surface area contributed by atoms with Crippen molar-refractivity contribution in [2.75, 3.05) is 10.7 Å². The van der Waals surface area contributed by atoms with E-state index in [2.05, 4.69) is 15.9 Å². The third kappa shape index (κ3) is 2.85. The van der Waals surface area contributed by atoms with E-state index in [4.69, 9.17) is 0 Å². The molecule has 0 radical (unpaired) electrons. The van der Waals surface area contributed by atoms with Crippen LogP contribution in [0, 0.1) is 12.7 Å². The van der Waals surface area contributed by atoms with Crippen LogP contribution in [0.5, 0.6) is 0 Å². The van der Waals surface area contributed by atoms with E-state index in [-0.39, 0.29) is 17.1 Å². The Morgan fingerprint density at radius 3 is 2.81 bits per heavy atom. The molecule has 0 bridgehead atoms. The summed E-state index contributed by atoms with van der Waals surface area (Å²) in [7, 11) is 0. The number of carbonyl (C=O) groups excluding carboxylic acids is 1. The number of halogens is 2.